The average Bonchev–Trinajstić information content (AvgIpc) is 2.52. The molecule has 2 rings (SSSR count). The van der Waals surface area contributed by atoms with Crippen molar-refractivity contribution in [2.45, 2.75) is 19.4 Å². The highest BCUT2D eigenvalue weighted by atomic mass is 16.6. The first kappa shape index (κ1) is 11.4. The van der Waals surface area contributed by atoms with Gasteiger partial charge >= 0.3 is 12.1 Å². The van der Waals surface area contributed by atoms with Crippen LogP contribution in [0, 0.1) is 0 Å². The fourth-order valence-corrected chi connectivity index (χ4v) is 1.77. The minimum absolute atomic E-state index is 0.153. The summed E-state index contributed by atoms with van der Waals surface area (Å²) in [7, 11) is 0. The van der Waals surface area contributed by atoms with E-state index in [1.165, 1.54) is 17.0 Å². The van der Waals surface area contributed by atoms with E-state index in [1.807, 2.05) is 13.8 Å². The van der Waals surface area contributed by atoms with Crippen LogP contribution < -0.4 is 4.90 Å². The first-order chi connectivity index (χ1) is 7.89. The number of carbonyl (C=O) groups is 2. The van der Waals surface area contributed by atoms with Crippen molar-refractivity contribution in [1.29, 1.82) is 0 Å². The zero-order valence-corrected chi connectivity index (χ0v) is 9.64. The Morgan fingerprint density at radius 1 is 1.47 bits per heavy atom. The van der Waals surface area contributed by atoms with Gasteiger partial charge in [-0.2, -0.15) is 0 Å². The molecular formula is C12H13NO4. The van der Waals surface area contributed by atoms with Crippen molar-refractivity contribution in [2.75, 3.05) is 11.4 Å². The molecule has 1 amide bonds. The van der Waals surface area contributed by atoms with Gasteiger partial charge in [-0.3, -0.25) is 4.90 Å². The Balaban J connectivity index is 2.32. The van der Waals surface area contributed by atoms with E-state index in [1.54, 1.807) is 12.1 Å². The van der Waals surface area contributed by atoms with E-state index in [2.05, 4.69) is 0 Å². The number of benzene rings is 1. The quantitative estimate of drug-likeness (QED) is 0.852. The number of amides is 1. The second-order valence-corrected chi connectivity index (χ2v) is 4.57. The van der Waals surface area contributed by atoms with Gasteiger partial charge in [0.05, 0.1) is 12.1 Å². The van der Waals surface area contributed by atoms with E-state index in [0.717, 1.165) is 0 Å². The number of anilines is 1. The number of carboxylic acid groups (broad SMARTS) is 1. The summed E-state index contributed by atoms with van der Waals surface area (Å²) in [5.41, 5.74) is 0.150. The topological polar surface area (TPSA) is 66.8 Å². The molecule has 1 aromatic carbocycles. The SMILES string of the molecule is CC1(C)CN(c2cccc(C(=O)O)c2)C(=O)O1. The van der Waals surface area contributed by atoms with Crippen LogP contribution in [-0.4, -0.2) is 29.3 Å². The maximum atomic E-state index is 11.6. The van der Waals surface area contributed by atoms with Crippen molar-refractivity contribution in [2.24, 2.45) is 0 Å². The Morgan fingerprint density at radius 3 is 2.71 bits per heavy atom. The van der Waals surface area contributed by atoms with E-state index >= 15 is 0 Å². The van der Waals surface area contributed by atoms with Crippen LogP contribution in [0.25, 0.3) is 0 Å². The molecule has 1 saturated heterocycles. The summed E-state index contributed by atoms with van der Waals surface area (Å²) in [6.07, 6.45) is -0.447. The Hall–Kier alpha value is -2.04. The summed E-state index contributed by atoms with van der Waals surface area (Å²) in [4.78, 5) is 23.9. The maximum Gasteiger partial charge on any atom is 0.415 e. The molecule has 5 nitrogen and oxygen atoms in total. The molecule has 0 unspecified atom stereocenters. The van der Waals surface area contributed by atoms with Gasteiger partial charge in [-0.1, -0.05) is 6.07 Å². The number of carboxylic acids is 1. The molecule has 0 aliphatic carbocycles. The summed E-state index contributed by atoms with van der Waals surface area (Å²) >= 11 is 0. The smallest absolute Gasteiger partial charge is 0.415 e. The van der Waals surface area contributed by atoms with E-state index in [9.17, 15) is 9.59 Å². The Kier molecular flexibility index (Phi) is 2.53. The number of cyclic esters (lactones) is 1. The highest BCUT2D eigenvalue weighted by Crippen LogP contribution is 2.27. The van der Waals surface area contributed by atoms with E-state index in [-0.39, 0.29) is 5.56 Å². The average molecular weight is 235 g/mol. The van der Waals surface area contributed by atoms with Crippen molar-refractivity contribution in [3.8, 4) is 0 Å². The number of hydrogen-bond acceptors (Lipinski definition) is 3. The van der Waals surface area contributed by atoms with E-state index < -0.39 is 17.7 Å². The highest BCUT2D eigenvalue weighted by molar-refractivity contribution is 5.93. The van der Waals surface area contributed by atoms with Crippen LogP contribution in [-0.2, 0) is 4.74 Å². The third kappa shape index (κ3) is 2.22. The molecule has 1 heterocycles. The van der Waals surface area contributed by atoms with Crippen molar-refractivity contribution in [3.63, 3.8) is 0 Å². The van der Waals surface area contributed by atoms with Gasteiger partial charge in [0, 0.05) is 5.69 Å². The lowest BCUT2D eigenvalue weighted by molar-refractivity contribution is 0.0696. The van der Waals surface area contributed by atoms with Crippen molar-refractivity contribution in [1.82, 2.24) is 0 Å². The minimum atomic E-state index is -1.02. The first-order valence-corrected chi connectivity index (χ1v) is 5.23. The highest BCUT2D eigenvalue weighted by Gasteiger charge is 2.38. The summed E-state index contributed by atoms with van der Waals surface area (Å²) in [6.45, 7) is 4.03. The summed E-state index contributed by atoms with van der Waals surface area (Å²) < 4.78 is 5.16. The number of carbonyl (C=O) groups excluding carboxylic acids is 1. The molecular weight excluding hydrogens is 222 g/mol. The molecule has 0 atom stereocenters. The fourth-order valence-electron chi connectivity index (χ4n) is 1.77. The Morgan fingerprint density at radius 2 is 2.18 bits per heavy atom. The van der Waals surface area contributed by atoms with Crippen LogP contribution in [0.5, 0.6) is 0 Å². The first-order valence-electron chi connectivity index (χ1n) is 5.23. The number of ether oxygens (including phenoxy) is 1. The monoisotopic (exact) mass is 235 g/mol. The van der Waals surface area contributed by atoms with Gasteiger partial charge < -0.3 is 9.84 Å². The van der Waals surface area contributed by atoms with E-state index in [0.29, 0.717) is 12.2 Å². The largest absolute Gasteiger partial charge is 0.478 e. The molecule has 1 N–H and O–H groups in total. The second kappa shape index (κ2) is 3.76. The second-order valence-electron chi connectivity index (χ2n) is 4.57. The summed E-state index contributed by atoms with van der Waals surface area (Å²) in [6, 6.07) is 6.25. The molecule has 0 bridgehead atoms. The molecule has 1 aliphatic rings. The number of nitrogens with zero attached hydrogens (tertiary/aromatic N) is 1. The van der Waals surface area contributed by atoms with Crippen LogP contribution in [0.3, 0.4) is 0 Å². The van der Waals surface area contributed by atoms with Crippen molar-refractivity contribution < 1.29 is 19.4 Å². The predicted molar refractivity (Wildman–Crippen MR) is 61.3 cm³/mol. The van der Waals surface area contributed by atoms with Crippen LogP contribution in [0.4, 0.5) is 10.5 Å². The molecule has 0 radical (unpaired) electrons. The van der Waals surface area contributed by atoms with Gasteiger partial charge in [0.2, 0.25) is 0 Å². The Bertz CT molecular complexity index is 481. The zero-order chi connectivity index (χ0) is 12.6. The standard InChI is InChI=1S/C12H13NO4/c1-12(2)7-13(11(16)17-12)9-5-3-4-8(6-9)10(14)15/h3-6H,7H2,1-2H3,(H,14,15). The Labute approximate surface area is 98.6 Å². The van der Waals surface area contributed by atoms with Crippen LogP contribution in [0.2, 0.25) is 0 Å². The summed E-state index contributed by atoms with van der Waals surface area (Å²) in [5.74, 6) is -1.02. The van der Waals surface area contributed by atoms with Gasteiger partial charge in [0.1, 0.15) is 5.60 Å². The van der Waals surface area contributed by atoms with Gasteiger partial charge in [0.15, 0.2) is 0 Å². The number of hydrogen-bond donors (Lipinski definition) is 1. The maximum absolute atomic E-state index is 11.6. The van der Waals surface area contributed by atoms with Crippen molar-refractivity contribution >= 4 is 17.7 Å². The van der Waals surface area contributed by atoms with Crippen LogP contribution >= 0.6 is 0 Å². The van der Waals surface area contributed by atoms with E-state index in [4.69, 9.17) is 9.84 Å². The molecule has 90 valence electrons. The minimum Gasteiger partial charge on any atom is -0.478 e. The molecule has 1 aliphatic heterocycles. The predicted octanol–water partition coefficient (Wildman–Crippen LogP) is 2.12. The molecule has 5 heteroatoms. The lowest BCUT2D eigenvalue weighted by Gasteiger charge is -2.15. The molecule has 0 aromatic heterocycles. The molecule has 0 saturated carbocycles. The van der Waals surface area contributed by atoms with Gasteiger partial charge in [-0.25, -0.2) is 9.59 Å². The summed E-state index contributed by atoms with van der Waals surface area (Å²) in [5, 5.41) is 8.89. The van der Waals surface area contributed by atoms with Crippen molar-refractivity contribution in [3.05, 3.63) is 29.8 Å². The normalized spacial score (nSPS) is 18.0. The van der Waals surface area contributed by atoms with Crippen LogP contribution in [0.15, 0.2) is 24.3 Å². The molecule has 1 aromatic rings. The third-order valence-electron chi connectivity index (χ3n) is 2.53. The number of rotatable bonds is 2. The molecule has 17 heavy (non-hydrogen) atoms. The number of aromatic carboxylic acids is 1. The van der Waals surface area contributed by atoms with Gasteiger partial charge in [-0.15, -0.1) is 0 Å². The fraction of sp³-hybridized carbons (Fsp3) is 0.333. The molecule has 1 fully saturated rings. The van der Waals surface area contributed by atoms with Crippen LogP contribution in [0.1, 0.15) is 24.2 Å². The lowest BCUT2D eigenvalue weighted by Crippen LogP contribution is -2.28. The third-order valence-corrected chi connectivity index (χ3v) is 2.53. The zero-order valence-electron chi connectivity index (χ0n) is 9.64. The molecule has 0 spiro atoms. The van der Waals surface area contributed by atoms with Gasteiger partial charge in [-0.05, 0) is 32.0 Å². The van der Waals surface area contributed by atoms with Gasteiger partial charge in [0.25, 0.3) is 0 Å². The lowest BCUT2D eigenvalue weighted by atomic mass is 10.1.